The second-order valence-electron chi connectivity index (χ2n) is 5.79. The quantitative estimate of drug-likeness (QED) is 0.752. The van der Waals surface area contributed by atoms with Gasteiger partial charge in [-0.2, -0.15) is 0 Å². The molecule has 1 aliphatic rings. The summed E-state index contributed by atoms with van der Waals surface area (Å²) in [6, 6.07) is 5.75. The van der Waals surface area contributed by atoms with Gasteiger partial charge in [0.2, 0.25) is 5.91 Å². The van der Waals surface area contributed by atoms with E-state index in [1.54, 1.807) is 0 Å². The highest BCUT2D eigenvalue weighted by Gasteiger charge is 2.20. The Balaban J connectivity index is 1.57. The van der Waals surface area contributed by atoms with E-state index < -0.39 is 0 Å². The van der Waals surface area contributed by atoms with Gasteiger partial charge in [0.05, 0.1) is 29.0 Å². The number of imidazole rings is 1. The van der Waals surface area contributed by atoms with Crippen molar-refractivity contribution in [3.8, 4) is 5.75 Å². The molecule has 1 aliphatic heterocycles. The van der Waals surface area contributed by atoms with Gasteiger partial charge in [0.25, 0.3) is 0 Å². The minimum Gasteiger partial charge on any atom is -0.494 e. The fourth-order valence-corrected chi connectivity index (χ4v) is 3.51. The first-order valence-electron chi connectivity index (χ1n) is 8.34. The zero-order chi connectivity index (χ0) is 16.9. The van der Waals surface area contributed by atoms with Crippen molar-refractivity contribution in [3.05, 3.63) is 18.2 Å². The fraction of sp³-hybridized carbons (Fsp3) is 0.529. The lowest BCUT2D eigenvalue weighted by atomic mass is 10.2. The summed E-state index contributed by atoms with van der Waals surface area (Å²) in [6.07, 6.45) is 2.26. The van der Waals surface area contributed by atoms with Crippen LogP contribution in [0.4, 0.5) is 0 Å². The van der Waals surface area contributed by atoms with E-state index in [2.05, 4.69) is 15.3 Å². The summed E-state index contributed by atoms with van der Waals surface area (Å²) >= 11 is 1.42. The molecule has 1 fully saturated rings. The van der Waals surface area contributed by atoms with E-state index in [9.17, 15) is 4.79 Å². The van der Waals surface area contributed by atoms with E-state index in [1.165, 1.54) is 11.8 Å². The summed E-state index contributed by atoms with van der Waals surface area (Å²) in [6.45, 7) is 5.85. The molecular weight excluding hydrogens is 326 g/mol. The third kappa shape index (κ3) is 4.21. The summed E-state index contributed by atoms with van der Waals surface area (Å²) in [7, 11) is 0. The van der Waals surface area contributed by atoms with Crippen LogP contribution < -0.4 is 10.1 Å². The van der Waals surface area contributed by atoms with Gasteiger partial charge < -0.3 is 19.8 Å². The summed E-state index contributed by atoms with van der Waals surface area (Å²) < 4.78 is 11.0. The lowest BCUT2D eigenvalue weighted by Crippen LogP contribution is -2.36. The Hall–Kier alpha value is -1.73. The Kier molecular flexibility index (Phi) is 5.63. The first-order chi connectivity index (χ1) is 11.7. The van der Waals surface area contributed by atoms with Gasteiger partial charge in [0.15, 0.2) is 5.16 Å². The van der Waals surface area contributed by atoms with Gasteiger partial charge in [-0.25, -0.2) is 4.98 Å². The number of nitrogens with one attached hydrogen (secondary N) is 2. The van der Waals surface area contributed by atoms with Gasteiger partial charge in [-0.1, -0.05) is 11.8 Å². The van der Waals surface area contributed by atoms with Crippen molar-refractivity contribution >= 4 is 28.7 Å². The van der Waals surface area contributed by atoms with E-state index in [4.69, 9.17) is 9.47 Å². The molecule has 130 valence electrons. The number of hydrogen-bond donors (Lipinski definition) is 2. The molecule has 0 saturated carbocycles. The monoisotopic (exact) mass is 349 g/mol. The van der Waals surface area contributed by atoms with E-state index in [-0.39, 0.29) is 17.3 Å². The van der Waals surface area contributed by atoms with Gasteiger partial charge in [-0.05, 0) is 38.8 Å². The van der Waals surface area contributed by atoms with Crippen molar-refractivity contribution < 1.29 is 14.3 Å². The van der Waals surface area contributed by atoms with Gasteiger partial charge >= 0.3 is 0 Å². The molecule has 2 aromatic rings. The van der Waals surface area contributed by atoms with Crippen LogP contribution in [-0.4, -0.2) is 47.0 Å². The minimum absolute atomic E-state index is 0.00552. The molecule has 24 heavy (non-hydrogen) atoms. The Morgan fingerprint density at radius 2 is 2.46 bits per heavy atom. The summed E-state index contributed by atoms with van der Waals surface area (Å²) in [5.74, 6) is 0.818. The molecule has 2 atom stereocenters. The number of thioether (sulfide) groups is 1. The number of carbonyl (C=O) groups excluding carboxylic acids is 1. The smallest absolute Gasteiger partial charge is 0.233 e. The van der Waals surface area contributed by atoms with Crippen molar-refractivity contribution in [3.63, 3.8) is 0 Å². The van der Waals surface area contributed by atoms with Crippen molar-refractivity contribution in [2.75, 3.05) is 19.8 Å². The number of H-pyrrole nitrogens is 1. The predicted octanol–water partition coefficient (Wildman–Crippen LogP) is 2.74. The first-order valence-corrected chi connectivity index (χ1v) is 9.22. The molecule has 1 aromatic carbocycles. The third-order valence-corrected chi connectivity index (χ3v) is 4.91. The molecule has 0 spiro atoms. The molecule has 0 bridgehead atoms. The molecule has 0 unspecified atom stereocenters. The normalized spacial score (nSPS) is 18.7. The molecule has 0 aliphatic carbocycles. The average Bonchev–Trinajstić information content (AvgIpc) is 3.21. The number of hydrogen-bond acceptors (Lipinski definition) is 5. The van der Waals surface area contributed by atoms with Gasteiger partial charge in [-0.3, -0.25) is 4.79 Å². The second-order valence-corrected chi connectivity index (χ2v) is 7.12. The van der Waals surface area contributed by atoms with Crippen LogP contribution in [0.2, 0.25) is 0 Å². The van der Waals surface area contributed by atoms with Gasteiger partial charge in [-0.15, -0.1) is 0 Å². The molecule has 0 radical (unpaired) electrons. The number of benzene rings is 1. The van der Waals surface area contributed by atoms with E-state index in [0.29, 0.717) is 13.2 Å². The number of rotatable bonds is 7. The topological polar surface area (TPSA) is 76.2 Å². The highest BCUT2D eigenvalue weighted by atomic mass is 32.2. The van der Waals surface area contributed by atoms with E-state index in [0.717, 1.165) is 41.4 Å². The van der Waals surface area contributed by atoms with Crippen molar-refractivity contribution in [1.29, 1.82) is 0 Å². The number of fused-ring (bicyclic) bond motifs is 1. The van der Waals surface area contributed by atoms with Gasteiger partial charge in [0, 0.05) is 19.2 Å². The van der Waals surface area contributed by atoms with E-state index >= 15 is 0 Å². The van der Waals surface area contributed by atoms with Crippen molar-refractivity contribution in [2.45, 2.75) is 43.2 Å². The number of ether oxygens (including phenoxy) is 2. The maximum absolute atomic E-state index is 12.2. The highest BCUT2D eigenvalue weighted by Crippen LogP contribution is 2.26. The van der Waals surface area contributed by atoms with Crippen LogP contribution in [0, 0.1) is 0 Å². The van der Waals surface area contributed by atoms with Crippen LogP contribution in [-0.2, 0) is 9.53 Å². The molecule has 2 N–H and O–H groups in total. The van der Waals surface area contributed by atoms with E-state index in [1.807, 2.05) is 32.0 Å². The number of amides is 1. The van der Waals surface area contributed by atoms with Crippen LogP contribution in [0.1, 0.15) is 26.7 Å². The van der Waals surface area contributed by atoms with Crippen LogP contribution in [0.3, 0.4) is 0 Å². The second kappa shape index (κ2) is 7.90. The molecule has 7 heteroatoms. The minimum atomic E-state index is -0.224. The van der Waals surface area contributed by atoms with Crippen molar-refractivity contribution in [2.24, 2.45) is 0 Å². The summed E-state index contributed by atoms with van der Waals surface area (Å²) in [4.78, 5) is 20.0. The molecule has 3 rings (SSSR count). The predicted molar refractivity (Wildman–Crippen MR) is 94.6 cm³/mol. The summed E-state index contributed by atoms with van der Waals surface area (Å²) in [5.41, 5.74) is 1.78. The number of nitrogens with zero attached hydrogens (tertiary/aromatic N) is 1. The molecule has 1 amide bonds. The Morgan fingerprint density at radius 1 is 1.58 bits per heavy atom. The third-order valence-electron chi connectivity index (χ3n) is 3.93. The Bertz CT molecular complexity index is 697. The zero-order valence-electron chi connectivity index (χ0n) is 14.0. The SMILES string of the molecule is CCOc1ccc2nc(S[C@@H](C)C(=O)NC[C@H]3CCCO3)[nH]c2c1. The first kappa shape index (κ1) is 17.1. The average molecular weight is 349 g/mol. The standard InChI is InChI=1S/C17H23N3O3S/c1-3-22-12-6-7-14-15(9-12)20-17(19-14)24-11(2)16(21)18-10-13-5-4-8-23-13/h6-7,9,11,13H,3-5,8,10H2,1-2H3,(H,18,21)(H,19,20)/t11-,13+/m0/s1. The van der Waals surface area contributed by atoms with Crippen LogP contribution in [0.15, 0.2) is 23.4 Å². The van der Waals surface area contributed by atoms with Gasteiger partial charge in [0.1, 0.15) is 5.75 Å². The largest absolute Gasteiger partial charge is 0.494 e. The number of carbonyl (C=O) groups is 1. The van der Waals surface area contributed by atoms with Crippen LogP contribution in [0.25, 0.3) is 11.0 Å². The highest BCUT2D eigenvalue weighted by molar-refractivity contribution is 8.00. The lowest BCUT2D eigenvalue weighted by Gasteiger charge is -2.13. The molecule has 1 saturated heterocycles. The molecule has 2 heterocycles. The number of aromatic nitrogens is 2. The fourth-order valence-electron chi connectivity index (χ4n) is 2.66. The lowest BCUT2D eigenvalue weighted by molar-refractivity contribution is -0.120. The number of aromatic amines is 1. The van der Waals surface area contributed by atoms with Crippen molar-refractivity contribution in [1.82, 2.24) is 15.3 Å². The Labute approximate surface area is 145 Å². The molecule has 1 aromatic heterocycles. The maximum atomic E-state index is 12.2. The molecule has 6 nitrogen and oxygen atoms in total. The zero-order valence-corrected chi connectivity index (χ0v) is 14.8. The molecular formula is C17H23N3O3S. The van der Waals surface area contributed by atoms with Crippen LogP contribution in [0.5, 0.6) is 5.75 Å². The summed E-state index contributed by atoms with van der Waals surface area (Å²) in [5, 5.41) is 3.47. The maximum Gasteiger partial charge on any atom is 0.233 e. The Morgan fingerprint density at radius 3 is 3.21 bits per heavy atom. The van der Waals surface area contributed by atoms with Crippen LogP contribution >= 0.6 is 11.8 Å².